The van der Waals surface area contributed by atoms with Crippen molar-refractivity contribution >= 4 is 5.91 Å². The summed E-state index contributed by atoms with van der Waals surface area (Å²) >= 11 is 0. The molecule has 3 N–H and O–H groups in total. The molecule has 124 valence electrons. The number of hydrogen-bond acceptors (Lipinski definition) is 4. The van der Waals surface area contributed by atoms with E-state index in [0.29, 0.717) is 18.6 Å². The molecule has 0 saturated carbocycles. The lowest BCUT2D eigenvalue weighted by atomic mass is 10.1. The normalized spacial score (nSPS) is 18.9. The van der Waals surface area contributed by atoms with E-state index in [2.05, 4.69) is 35.9 Å². The highest BCUT2D eigenvalue weighted by molar-refractivity contribution is 5.78. The van der Waals surface area contributed by atoms with Crippen LogP contribution in [0.15, 0.2) is 0 Å². The molecular weight excluding hydrogens is 264 g/mol. The number of nitrogens with one attached hydrogen (secondary N) is 1. The quantitative estimate of drug-likeness (QED) is 0.667. The van der Waals surface area contributed by atoms with Gasteiger partial charge < -0.3 is 11.1 Å². The molecule has 5 heteroatoms. The molecule has 0 spiro atoms. The largest absolute Gasteiger partial charge is 0.352 e. The molecule has 21 heavy (non-hydrogen) atoms. The Morgan fingerprint density at radius 3 is 2.19 bits per heavy atom. The highest BCUT2D eigenvalue weighted by Crippen LogP contribution is 2.11. The predicted octanol–water partition coefficient (Wildman–Crippen LogP) is 1.04. The molecule has 1 atom stereocenters. The SMILES string of the molecule is CCC(CC)NC(=O)CN1CCN(C(CC)CCN)CC1. The highest BCUT2D eigenvalue weighted by atomic mass is 16.2. The van der Waals surface area contributed by atoms with E-state index in [9.17, 15) is 4.79 Å². The monoisotopic (exact) mass is 298 g/mol. The molecule has 1 aliphatic rings. The zero-order valence-electron chi connectivity index (χ0n) is 14.1. The van der Waals surface area contributed by atoms with Crippen molar-refractivity contribution in [2.24, 2.45) is 5.73 Å². The molecule has 1 rings (SSSR count). The first-order valence-electron chi connectivity index (χ1n) is 8.60. The number of piperazine rings is 1. The maximum atomic E-state index is 12.0. The van der Waals surface area contributed by atoms with Gasteiger partial charge in [0.15, 0.2) is 0 Å². The molecule has 0 bridgehead atoms. The lowest BCUT2D eigenvalue weighted by Gasteiger charge is -2.39. The van der Waals surface area contributed by atoms with Crippen LogP contribution in [0.1, 0.15) is 46.5 Å². The fraction of sp³-hybridized carbons (Fsp3) is 0.938. The molecule has 1 heterocycles. The maximum absolute atomic E-state index is 12.0. The standard InChI is InChI=1S/C16H34N4O/c1-4-14(5-2)18-16(21)13-19-9-11-20(12-10-19)15(6-3)7-8-17/h14-15H,4-13,17H2,1-3H3,(H,18,21). The zero-order valence-corrected chi connectivity index (χ0v) is 14.1. The van der Waals surface area contributed by atoms with Crippen LogP contribution in [0.2, 0.25) is 0 Å². The van der Waals surface area contributed by atoms with E-state index >= 15 is 0 Å². The smallest absolute Gasteiger partial charge is 0.234 e. The fourth-order valence-corrected chi connectivity index (χ4v) is 3.09. The fourth-order valence-electron chi connectivity index (χ4n) is 3.09. The Bertz CT molecular complexity index is 286. The van der Waals surface area contributed by atoms with Crippen LogP contribution in [0.3, 0.4) is 0 Å². The predicted molar refractivity (Wildman–Crippen MR) is 88.3 cm³/mol. The van der Waals surface area contributed by atoms with Gasteiger partial charge in [0, 0.05) is 38.3 Å². The lowest BCUT2D eigenvalue weighted by molar-refractivity contribution is -0.123. The van der Waals surface area contributed by atoms with E-state index in [0.717, 1.165) is 58.4 Å². The van der Waals surface area contributed by atoms with Gasteiger partial charge in [0.05, 0.1) is 6.54 Å². The third kappa shape index (κ3) is 6.32. The number of nitrogens with two attached hydrogens (primary N) is 1. The molecule has 0 radical (unpaired) electrons. The molecule has 5 nitrogen and oxygen atoms in total. The molecular formula is C16H34N4O. The minimum Gasteiger partial charge on any atom is -0.352 e. The molecule has 1 fully saturated rings. The Hall–Kier alpha value is -0.650. The van der Waals surface area contributed by atoms with Crippen LogP contribution < -0.4 is 11.1 Å². The summed E-state index contributed by atoms with van der Waals surface area (Å²) < 4.78 is 0. The highest BCUT2D eigenvalue weighted by Gasteiger charge is 2.23. The number of nitrogens with zero attached hydrogens (tertiary/aromatic N) is 2. The van der Waals surface area contributed by atoms with Gasteiger partial charge in [0.2, 0.25) is 5.91 Å². The summed E-state index contributed by atoms with van der Waals surface area (Å²) in [5.41, 5.74) is 5.69. The third-order valence-electron chi connectivity index (χ3n) is 4.61. The summed E-state index contributed by atoms with van der Waals surface area (Å²) in [7, 11) is 0. The van der Waals surface area contributed by atoms with Crippen LogP contribution in [-0.4, -0.2) is 67.1 Å². The molecule has 1 aliphatic heterocycles. The Balaban J connectivity index is 2.31. The minimum atomic E-state index is 0.172. The second-order valence-corrected chi connectivity index (χ2v) is 6.03. The van der Waals surface area contributed by atoms with Gasteiger partial charge in [-0.1, -0.05) is 20.8 Å². The van der Waals surface area contributed by atoms with Crippen molar-refractivity contribution in [1.29, 1.82) is 0 Å². The van der Waals surface area contributed by atoms with Crippen LogP contribution >= 0.6 is 0 Å². The van der Waals surface area contributed by atoms with Crippen molar-refractivity contribution < 1.29 is 4.79 Å². The van der Waals surface area contributed by atoms with Crippen LogP contribution in [0.25, 0.3) is 0 Å². The Morgan fingerprint density at radius 2 is 1.71 bits per heavy atom. The van der Waals surface area contributed by atoms with Crippen molar-refractivity contribution in [1.82, 2.24) is 15.1 Å². The topological polar surface area (TPSA) is 61.6 Å². The molecule has 0 aromatic carbocycles. The van der Waals surface area contributed by atoms with E-state index < -0.39 is 0 Å². The Labute approximate surface area is 130 Å². The van der Waals surface area contributed by atoms with Crippen LogP contribution in [0, 0.1) is 0 Å². The van der Waals surface area contributed by atoms with Crippen LogP contribution in [0.4, 0.5) is 0 Å². The van der Waals surface area contributed by atoms with Crippen molar-refractivity contribution in [3.8, 4) is 0 Å². The maximum Gasteiger partial charge on any atom is 0.234 e. The van der Waals surface area contributed by atoms with Gasteiger partial charge in [-0.15, -0.1) is 0 Å². The van der Waals surface area contributed by atoms with Crippen LogP contribution in [-0.2, 0) is 4.79 Å². The Morgan fingerprint density at radius 1 is 1.10 bits per heavy atom. The molecule has 0 aromatic rings. The summed E-state index contributed by atoms with van der Waals surface area (Å²) in [5, 5.41) is 3.12. The molecule has 0 aliphatic carbocycles. The first-order chi connectivity index (χ1) is 10.1. The second kappa shape index (κ2) is 10.1. The number of hydrogen-bond donors (Lipinski definition) is 2. The van der Waals surface area contributed by atoms with Crippen molar-refractivity contribution in [2.75, 3.05) is 39.3 Å². The van der Waals surface area contributed by atoms with E-state index in [-0.39, 0.29) is 5.91 Å². The zero-order chi connectivity index (χ0) is 15.7. The molecule has 0 aromatic heterocycles. The summed E-state index contributed by atoms with van der Waals surface area (Å²) in [4.78, 5) is 16.8. The first kappa shape index (κ1) is 18.4. The van der Waals surface area contributed by atoms with Gasteiger partial charge in [0.25, 0.3) is 0 Å². The van der Waals surface area contributed by atoms with Gasteiger partial charge in [-0.25, -0.2) is 0 Å². The van der Waals surface area contributed by atoms with Gasteiger partial charge in [-0.2, -0.15) is 0 Å². The minimum absolute atomic E-state index is 0.172. The first-order valence-corrected chi connectivity index (χ1v) is 8.60. The van der Waals surface area contributed by atoms with Gasteiger partial charge in [-0.3, -0.25) is 14.6 Å². The van der Waals surface area contributed by atoms with Gasteiger partial charge >= 0.3 is 0 Å². The number of rotatable bonds is 9. The third-order valence-corrected chi connectivity index (χ3v) is 4.61. The van der Waals surface area contributed by atoms with E-state index in [1.807, 2.05) is 0 Å². The number of amides is 1. The number of carbonyl (C=O) groups excluding carboxylic acids is 1. The Kier molecular flexibility index (Phi) is 8.88. The average Bonchev–Trinajstić information content (AvgIpc) is 2.51. The molecule has 1 unspecified atom stereocenters. The summed E-state index contributed by atoms with van der Waals surface area (Å²) in [6, 6.07) is 0.934. The van der Waals surface area contributed by atoms with E-state index in [1.165, 1.54) is 0 Å². The summed E-state index contributed by atoms with van der Waals surface area (Å²) in [6.45, 7) is 11.8. The van der Waals surface area contributed by atoms with Gasteiger partial charge in [0.1, 0.15) is 0 Å². The average molecular weight is 298 g/mol. The molecule has 1 amide bonds. The second-order valence-electron chi connectivity index (χ2n) is 6.03. The van der Waals surface area contributed by atoms with Crippen molar-refractivity contribution in [3.63, 3.8) is 0 Å². The van der Waals surface area contributed by atoms with E-state index in [1.54, 1.807) is 0 Å². The molecule has 1 saturated heterocycles. The lowest BCUT2D eigenvalue weighted by Crippen LogP contribution is -2.53. The van der Waals surface area contributed by atoms with E-state index in [4.69, 9.17) is 5.73 Å². The number of carbonyl (C=O) groups is 1. The van der Waals surface area contributed by atoms with Crippen molar-refractivity contribution in [2.45, 2.75) is 58.5 Å². The van der Waals surface area contributed by atoms with Gasteiger partial charge in [-0.05, 0) is 32.2 Å². The van der Waals surface area contributed by atoms with Crippen molar-refractivity contribution in [3.05, 3.63) is 0 Å². The van der Waals surface area contributed by atoms with Crippen LogP contribution in [0.5, 0.6) is 0 Å². The summed E-state index contributed by atoms with van der Waals surface area (Å²) in [6.07, 6.45) is 4.25. The summed E-state index contributed by atoms with van der Waals surface area (Å²) in [5.74, 6) is 0.172.